The highest BCUT2D eigenvalue weighted by molar-refractivity contribution is 6.34. The van der Waals surface area contributed by atoms with Crippen LogP contribution < -0.4 is 4.90 Å². The molecule has 1 N–H and O–H groups in total. The van der Waals surface area contributed by atoms with Crippen LogP contribution in [-0.4, -0.2) is 29.5 Å². The molecule has 1 aromatic heterocycles. The van der Waals surface area contributed by atoms with Crippen LogP contribution in [-0.2, 0) is 4.74 Å². The maximum Gasteiger partial charge on any atom is 0.341 e. The third kappa shape index (κ3) is 4.44. The predicted molar refractivity (Wildman–Crippen MR) is 127 cm³/mol. The van der Waals surface area contributed by atoms with Crippen molar-refractivity contribution in [1.82, 2.24) is 4.98 Å². The Labute approximate surface area is 193 Å². The summed E-state index contributed by atoms with van der Waals surface area (Å²) < 4.78 is 5.33. The van der Waals surface area contributed by atoms with E-state index in [9.17, 15) is 9.59 Å². The summed E-state index contributed by atoms with van der Waals surface area (Å²) in [5, 5.41) is 0.408. The van der Waals surface area contributed by atoms with Crippen LogP contribution in [0.15, 0.2) is 54.6 Å². The Hall–Kier alpha value is -3.05. The number of amides is 1. The van der Waals surface area contributed by atoms with E-state index in [1.165, 1.54) is 0 Å². The number of anilines is 1. The summed E-state index contributed by atoms with van der Waals surface area (Å²) in [5.74, 6) is -0.198. The van der Waals surface area contributed by atoms with Gasteiger partial charge in [-0.05, 0) is 56.0 Å². The molecule has 1 aliphatic carbocycles. The van der Waals surface area contributed by atoms with E-state index in [0.29, 0.717) is 22.0 Å². The average Bonchev–Trinajstić information content (AvgIpc) is 3.46. The van der Waals surface area contributed by atoms with Gasteiger partial charge in [0.25, 0.3) is 5.91 Å². The summed E-state index contributed by atoms with van der Waals surface area (Å²) in [7, 11) is 0. The van der Waals surface area contributed by atoms with Crippen molar-refractivity contribution in [3.8, 4) is 11.3 Å². The minimum Gasteiger partial charge on any atom is -0.462 e. The number of rotatable bonds is 6. The predicted octanol–water partition coefficient (Wildman–Crippen LogP) is 6.41. The molecule has 166 valence electrons. The molecule has 32 heavy (non-hydrogen) atoms. The van der Waals surface area contributed by atoms with Crippen LogP contribution >= 0.6 is 11.6 Å². The molecule has 0 unspecified atom stereocenters. The number of ether oxygens (including phenoxy) is 1. The first-order valence-electron chi connectivity index (χ1n) is 11.0. The van der Waals surface area contributed by atoms with Crippen LogP contribution in [0.2, 0.25) is 5.02 Å². The fraction of sp³-hybridized carbons (Fsp3) is 0.308. The molecule has 0 spiro atoms. The zero-order valence-electron chi connectivity index (χ0n) is 18.4. The number of hydrogen-bond acceptors (Lipinski definition) is 3. The standard InChI is InChI=1S/C26H27ClN2O3/c1-3-32-26(31)21-16-23(18-9-5-4-6-10-18)28-24(21)29(19-11-7-8-12-19)25(30)20-14-13-17(2)15-22(20)27/h4-6,9-10,13-16,19,28H,3,7-8,11-12H2,1-2H3. The summed E-state index contributed by atoms with van der Waals surface area (Å²) in [5.41, 5.74) is 3.45. The van der Waals surface area contributed by atoms with E-state index >= 15 is 0 Å². The molecule has 5 nitrogen and oxygen atoms in total. The van der Waals surface area contributed by atoms with E-state index in [-0.39, 0.29) is 18.6 Å². The first-order valence-corrected chi connectivity index (χ1v) is 11.4. The van der Waals surface area contributed by atoms with Crippen LogP contribution in [0.1, 0.15) is 58.9 Å². The molecule has 2 aromatic carbocycles. The van der Waals surface area contributed by atoms with Crippen LogP contribution in [0.4, 0.5) is 5.82 Å². The number of hydrogen-bond donors (Lipinski definition) is 1. The number of nitrogens with one attached hydrogen (secondary N) is 1. The van der Waals surface area contributed by atoms with Gasteiger partial charge in [-0.1, -0.05) is 60.8 Å². The Morgan fingerprint density at radius 1 is 1.06 bits per heavy atom. The summed E-state index contributed by atoms with van der Waals surface area (Å²) in [4.78, 5) is 31.8. The largest absolute Gasteiger partial charge is 0.462 e. The molecule has 1 fully saturated rings. The van der Waals surface area contributed by atoms with Crippen molar-refractivity contribution >= 4 is 29.3 Å². The molecule has 6 heteroatoms. The SMILES string of the molecule is CCOC(=O)c1cc(-c2ccccc2)[nH]c1N(C(=O)c1ccc(C)cc1Cl)C1CCCC1. The molecule has 0 bridgehead atoms. The van der Waals surface area contributed by atoms with Crippen LogP contribution in [0.25, 0.3) is 11.3 Å². The van der Waals surface area contributed by atoms with Gasteiger partial charge in [-0.2, -0.15) is 0 Å². The summed E-state index contributed by atoms with van der Waals surface area (Å²) in [6.07, 6.45) is 3.82. The monoisotopic (exact) mass is 450 g/mol. The average molecular weight is 451 g/mol. The van der Waals surface area contributed by atoms with Crippen molar-refractivity contribution in [3.63, 3.8) is 0 Å². The van der Waals surface area contributed by atoms with Gasteiger partial charge in [0, 0.05) is 11.7 Å². The number of H-pyrrole nitrogens is 1. The maximum absolute atomic E-state index is 13.8. The molecule has 1 aliphatic rings. The molecular formula is C26H27ClN2O3. The van der Waals surface area contributed by atoms with Gasteiger partial charge in [0.15, 0.2) is 0 Å². The number of esters is 1. The number of carbonyl (C=O) groups excluding carboxylic acids is 2. The first kappa shape index (κ1) is 22.2. The lowest BCUT2D eigenvalue weighted by molar-refractivity contribution is 0.0527. The van der Waals surface area contributed by atoms with Crippen molar-refractivity contribution in [1.29, 1.82) is 0 Å². The Morgan fingerprint density at radius 3 is 2.44 bits per heavy atom. The number of aromatic amines is 1. The molecular weight excluding hydrogens is 424 g/mol. The highest BCUT2D eigenvalue weighted by Gasteiger charge is 2.34. The van der Waals surface area contributed by atoms with E-state index < -0.39 is 5.97 Å². The van der Waals surface area contributed by atoms with E-state index in [0.717, 1.165) is 42.5 Å². The molecule has 1 saturated carbocycles. The second kappa shape index (κ2) is 9.61. The van der Waals surface area contributed by atoms with Gasteiger partial charge in [-0.15, -0.1) is 0 Å². The Kier molecular flexibility index (Phi) is 6.66. The number of nitrogens with zero attached hydrogens (tertiary/aromatic N) is 1. The molecule has 0 radical (unpaired) electrons. The Balaban J connectivity index is 1.85. The van der Waals surface area contributed by atoms with E-state index in [2.05, 4.69) is 4.98 Å². The van der Waals surface area contributed by atoms with Gasteiger partial charge in [0.05, 0.1) is 17.2 Å². The molecule has 1 heterocycles. The van der Waals surface area contributed by atoms with E-state index in [1.54, 1.807) is 30.0 Å². The molecule has 0 saturated heterocycles. The van der Waals surface area contributed by atoms with Crippen LogP contribution in [0.5, 0.6) is 0 Å². The smallest absolute Gasteiger partial charge is 0.341 e. The quantitative estimate of drug-likeness (QED) is 0.441. The normalized spacial score (nSPS) is 13.8. The summed E-state index contributed by atoms with van der Waals surface area (Å²) in [6.45, 7) is 3.96. The van der Waals surface area contributed by atoms with Crippen molar-refractivity contribution in [2.45, 2.75) is 45.6 Å². The van der Waals surface area contributed by atoms with Gasteiger partial charge in [-0.25, -0.2) is 4.79 Å². The minimum atomic E-state index is -0.452. The third-order valence-electron chi connectivity index (χ3n) is 5.88. The highest BCUT2D eigenvalue weighted by Crippen LogP contribution is 2.35. The van der Waals surface area contributed by atoms with Crippen molar-refractivity contribution in [2.75, 3.05) is 11.5 Å². The number of benzene rings is 2. The van der Waals surface area contributed by atoms with Crippen molar-refractivity contribution in [3.05, 3.63) is 76.3 Å². The minimum absolute atomic E-state index is 0.0182. The molecule has 0 aliphatic heterocycles. The van der Waals surface area contributed by atoms with Gasteiger partial charge < -0.3 is 9.72 Å². The second-order valence-electron chi connectivity index (χ2n) is 8.13. The van der Waals surface area contributed by atoms with E-state index in [1.807, 2.05) is 43.3 Å². The van der Waals surface area contributed by atoms with Crippen LogP contribution in [0.3, 0.4) is 0 Å². The molecule has 3 aromatic rings. The number of carbonyl (C=O) groups is 2. The molecule has 1 amide bonds. The van der Waals surface area contributed by atoms with Crippen LogP contribution in [0, 0.1) is 6.92 Å². The Bertz CT molecular complexity index is 1120. The number of aryl methyl sites for hydroxylation is 1. The molecule has 0 atom stereocenters. The lowest BCUT2D eigenvalue weighted by atomic mass is 10.1. The maximum atomic E-state index is 13.8. The second-order valence-corrected chi connectivity index (χ2v) is 8.54. The van der Waals surface area contributed by atoms with Gasteiger partial charge in [-0.3, -0.25) is 9.69 Å². The zero-order valence-corrected chi connectivity index (χ0v) is 19.1. The zero-order chi connectivity index (χ0) is 22.7. The lowest BCUT2D eigenvalue weighted by Crippen LogP contribution is -2.40. The third-order valence-corrected chi connectivity index (χ3v) is 6.19. The Morgan fingerprint density at radius 2 is 1.78 bits per heavy atom. The van der Waals surface area contributed by atoms with E-state index in [4.69, 9.17) is 16.3 Å². The lowest BCUT2D eigenvalue weighted by Gasteiger charge is -2.29. The van der Waals surface area contributed by atoms with Gasteiger partial charge >= 0.3 is 5.97 Å². The van der Waals surface area contributed by atoms with Gasteiger partial charge in [0.1, 0.15) is 11.4 Å². The summed E-state index contributed by atoms with van der Waals surface area (Å²) >= 11 is 6.47. The topological polar surface area (TPSA) is 62.4 Å². The first-order chi connectivity index (χ1) is 15.5. The number of halogens is 1. The summed E-state index contributed by atoms with van der Waals surface area (Å²) in [6, 6.07) is 16.9. The van der Waals surface area contributed by atoms with Crippen molar-refractivity contribution < 1.29 is 14.3 Å². The number of aromatic nitrogens is 1. The van der Waals surface area contributed by atoms with Gasteiger partial charge in [0.2, 0.25) is 0 Å². The highest BCUT2D eigenvalue weighted by atomic mass is 35.5. The molecule has 4 rings (SSSR count). The van der Waals surface area contributed by atoms with Crippen molar-refractivity contribution in [2.24, 2.45) is 0 Å². The fourth-order valence-corrected chi connectivity index (χ4v) is 4.62. The fourth-order valence-electron chi connectivity index (χ4n) is 4.31.